The maximum atomic E-state index is 13.2. The molecule has 1 fully saturated rings. The molecule has 0 unspecified atom stereocenters. The molecule has 2 aromatic carbocycles. The van der Waals surface area contributed by atoms with Gasteiger partial charge in [0.15, 0.2) is 0 Å². The molecule has 4 rings (SSSR count). The number of rotatable bonds is 5. The first-order chi connectivity index (χ1) is 13.6. The van der Waals surface area contributed by atoms with Crippen molar-refractivity contribution in [2.75, 3.05) is 28.6 Å². The zero-order chi connectivity index (χ0) is 19.5. The van der Waals surface area contributed by atoms with Crippen LogP contribution in [0.5, 0.6) is 0 Å². The lowest BCUT2D eigenvalue weighted by Gasteiger charge is -2.17. The van der Waals surface area contributed by atoms with E-state index in [1.807, 2.05) is 6.07 Å². The molecule has 2 N–H and O–H groups in total. The minimum atomic E-state index is -0.281. The van der Waals surface area contributed by atoms with Crippen molar-refractivity contribution in [3.8, 4) is 0 Å². The van der Waals surface area contributed by atoms with E-state index < -0.39 is 0 Å². The minimum Gasteiger partial charge on any atom is -0.341 e. The van der Waals surface area contributed by atoms with Gasteiger partial charge in [0.1, 0.15) is 5.82 Å². The SMILES string of the molecule is Cc1ccc(Nc2nc(Nc3ccc(F)cc3)nc(N3CCCC3)n2)cc1C. The van der Waals surface area contributed by atoms with Gasteiger partial charge in [-0.2, -0.15) is 15.0 Å². The lowest BCUT2D eigenvalue weighted by molar-refractivity contribution is 0.628. The molecule has 6 nitrogen and oxygen atoms in total. The van der Waals surface area contributed by atoms with Crippen LogP contribution in [0.15, 0.2) is 42.5 Å². The Balaban J connectivity index is 1.64. The Morgan fingerprint density at radius 2 is 1.39 bits per heavy atom. The molecule has 0 bridgehead atoms. The predicted molar refractivity (Wildman–Crippen MR) is 110 cm³/mol. The van der Waals surface area contributed by atoms with Crippen LogP contribution in [0.2, 0.25) is 0 Å². The van der Waals surface area contributed by atoms with Crippen LogP contribution in [0.1, 0.15) is 24.0 Å². The Morgan fingerprint density at radius 3 is 2.04 bits per heavy atom. The molecular weight excluding hydrogens is 355 g/mol. The van der Waals surface area contributed by atoms with E-state index in [1.165, 1.54) is 23.3 Å². The van der Waals surface area contributed by atoms with E-state index in [9.17, 15) is 4.39 Å². The third-order valence-corrected chi connectivity index (χ3v) is 4.88. The smallest absolute Gasteiger partial charge is 0.233 e. The fourth-order valence-electron chi connectivity index (χ4n) is 3.15. The van der Waals surface area contributed by atoms with Gasteiger partial charge < -0.3 is 15.5 Å². The van der Waals surface area contributed by atoms with Gasteiger partial charge in [0.25, 0.3) is 0 Å². The molecule has 144 valence electrons. The molecule has 2 heterocycles. The van der Waals surface area contributed by atoms with Crippen molar-refractivity contribution in [2.24, 2.45) is 0 Å². The molecule has 1 aliphatic heterocycles. The summed E-state index contributed by atoms with van der Waals surface area (Å²) in [5, 5.41) is 6.43. The van der Waals surface area contributed by atoms with E-state index >= 15 is 0 Å². The molecule has 0 atom stereocenters. The van der Waals surface area contributed by atoms with Gasteiger partial charge in [0.05, 0.1) is 0 Å². The molecule has 1 saturated heterocycles. The topological polar surface area (TPSA) is 66.0 Å². The summed E-state index contributed by atoms with van der Waals surface area (Å²) in [6.07, 6.45) is 2.26. The first-order valence-electron chi connectivity index (χ1n) is 9.45. The largest absolute Gasteiger partial charge is 0.341 e. The van der Waals surface area contributed by atoms with Crippen molar-refractivity contribution < 1.29 is 4.39 Å². The van der Waals surface area contributed by atoms with E-state index in [1.54, 1.807) is 12.1 Å². The van der Waals surface area contributed by atoms with Crippen LogP contribution in [0, 0.1) is 19.7 Å². The zero-order valence-electron chi connectivity index (χ0n) is 16.0. The van der Waals surface area contributed by atoms with Gasteiger partial charge in [-0.25, -0.2) is 4.39 Å². The van der Waals surface area contributed by atoms with Crippen molar-refractivity contribution >= 4 is 29.2 Å². The third-order valence-electron chi connectivity index (χ3n) is 4.88. The Bertz CT molecular complexity index is 967. The predicted octanol–water partition coefficient (Wildman–Crippen LogP) is 4.71. The Labute approximate surface area is 163 Å². The summed E-state index contributed by atoms with van der Waals surface area (Å²) >= 11 is 0. The van der Waals surface area contributed by atoms with Crippen molar-refractivity contribution in [2.45, 2.75) is 26.7 Å². The van der Waals surface area contributed by atoms with Crippen LogP contribution >= 0.6 is 0 Å². The van der Waals surface area contributed by atoms with E-state index in [-0.39, 0.29) is 5.82 Å². The summed E-state index contributed by atoms with van der Waals surface area (Å²) < 4.78 is 13.2. The maximum Gasteiger partial charge on any atom is 0.233 e. The van der Waals surface area contributed by atoms with Gasteiger partial charge in [-0.15, -0.1) is 0 Å². The van der Waals surface area contributed by atoms with Crippen LogP contribution in [-0.2, 0) is 0 Å². The number of anilines is 5. The Hall–Kier alpha value is -3.22. The van der Waals surface area contributed by atoms with Crippen molar-refractivity contribution in [1.29, 1.82) is 0 Å². The molecule has 7 heteroatoms. The van der Waals surface area contributed by atoms with Crippen molar-refractivity contribution in [1.82, 2.24) is 15.0 Å². The highest BCUT2D eigenvalue weighted by molar-refractivity contribution is 5.60. The first kappa shape index (κ1) is 18.2. The number of nitrogens with one attached hydrogen (secondary N) is 2. The van der Waals surface area contributed by atoms with Gasteiger partial charge in [-0.05, 0) is 74.2 Å². The van der Waals surface area contributed by atoms with E-state index in [2.05, 4.69) is 56.5 Å². The molecule has 3 aromatic rings. The second-order valence-electron chi connectivity index (χ2n) is 7.03. The zero-order valence-corrected chi connectivity index (χ0v) is 16.0. The monoisotopic (exact) mass is 378 g/mol. The van der Waals surface area contributed by atoms with Crippen LogP contribution < -0.4 is 15.5 Å². The van der Waals surface area contributed by atoms with E-state index in [0.29, 0.717) is 17.8 Å². The average Bonchev–Trinajstić information content (AvgIpc) is 3.21. The number of aromatic nitrogens is 3. The summed E-state index contributed by atoms with van der Waals surface area (Å²) in [5.74, 6) is 1.26. The second kappa shape index (κ2) is 7.80. The highest BCUT2D eigenvalue weighted by atomic mass is 19.1. The lowest BCUT2D eigenvalue weighted by atomic mass is 10.1. The van der Waals surface area contributed by atoms with Gasteiger partial charge in [0, 0.05) is 24.5 Å². The highest BCUT2D eigenvalue weighted by Crippen LogP contribution is 2.23. The molecule has 0 spiro atoms. The van der Waals surface area contributed by atoms with E-state index in [0.717, 1.165) is 37.3 Å². The first-order valence-corrected chi connectivity index (χ1v) is 9.45. The standard InChI is InChI=1S/C21H23FN6/c1-14-5-8-18(13-15(14)2)24-20-25-19(23-17-9-6-16(22)7-10-17)26-21(27-20)28-11-3-4-12-28/h5-10,13H,3-4,11-12H2,1-2H3,(H2,23,24,25,26,27). The lowest BCUT2D eigenvalue weighted by Crippen LogP contribution is -2.21. The van der Waals surface area contributed by atoms with Crippen LogP contribution in [0.4, 0.5) is 33.6 Å². The molecule has 0 aliphatic carbocycles. The highest BCUT2D eigenvalue weighted by Gasteiger charge is 2.18. The minimum absolute atomic E-state index is 0.281. The third kappa shape index (κ3) is 4.19. The number of nitrogens with zero attached hydrogens (tertiary/aromatic N) is 4. The number of halogens is 1. The van der Waals surface area contributed by atoms with E-state index in [4.69, 9.17) is 0 Å². The maximum absolute atomic E-state index is 13.2. The molecule has 0 amide bonds. The molecule has 28 heavy (non-hydrogen) atoms. The molecule has 0 saturated carbocycles. The summed E-state index contributed by atoms with van der Waals surface area (Å²) in [4.78, 5) is 15.8. The van der Waals surface area contributed by atoms with Gasteiger partial charge in [-0.1, -0.05) is 6.07 Å². The molecule has 1 aromatic heterocycles. The Morgan fingerprint density at radius 1 is 0.786 bits per heavy atom. The van der Waals surface area contributed by atoms with Crippen LogP contribution in [0.25, 0.3) is 0 Å². The van der Waals surface area contributed by atoms with Crippen molar-refractivity contribution in [3.63, 3.8) is 0 Å². The number of hydrogen-bond acceptors (Lipinski definition) is 6. The summed E-state index contributed by atoms with van der Waals surface area (Å²) in [6, 6.07) is 12.3. The summed E-state index contributed by atoms with van der Waals surface area (Å²) in [5.41, 5.74) is 4.08. The number of benzene rings is 2. The van der Waals surface area contributed by atoms with Gasteiger partial charge in [0.2, 0.25) is 17.8 Å². The van der Waals surface area contributed by atoms with Crippen LogP contribution in [-0.4, -0.2) is 28.0 Å². The van der Waals surface area contributed by atoms with Gasteiger partial charge in [-0.3, -0.25) is 0 Å². The molecular formula is C21H23FN6. The number of hydrogen-bond donors (Lipinski definition) is 2. The summed E-state index contributed by atoms with van der Waals surface area (Å²) in [7, 11) is 0. The van der Waals surface area contributed by atoms with Gasteiger partial charge >= 0.3 is 0 Å². The van der Waals surface area contributed by atoms with Crippen LogP contribution in [0.3, 0.4) is 0 Å². The van der Waals surface area contributed by atoms with Crippen molar-refractivity contribution in [3.05, 3.63) is 59.4 Å². The Kier molecular flexibility index (Phi) is 5.06. The average molecular weight is 378 g/mol. The molecule has 1 aliphatic rings. The fourth-order valence-corrected chi connectivity index (χ4v) is 3.15. The number of aryl methyl sites for hydroxylation is 2. The normalized spacial score (nSPS) is 13.6. The fraction of sp³-hybridized carbons (Fsp3) is 0.286. The summed E-state index contributed by atoms with van der Waals surface area (Å²) in [6.45, 7) is 6.02. The molecule has 0 radical (unpaired) electrons. The quantitative estimate of drug-likeness (QED) is 0.670. The second-order valence-corrected chi connectivity index (χ2v) is 7.03.